The summed E-state index contributed by atoms with van der Waals surface area (Å²) in [4.78, 5) is 4.36. The van der Waals surface area contributed by atoms with E-state index in [2.05, 4.69) is 18.1 Å². The third-order valence-corrected chi connectivity index (χ3v) is 2.94. The molecule has 0 saturated carbocycles. The van der Waals surface area contributed by atoms with E-state index in [-0.39, 0.29) is 0 Å². The molecule has 1 aromatic carbocycles. The molecule has 93 valence electrons. The van der Waals surface area contributed by atoms with Gasteiger partial charge in [0.05, 0.1) is 19.0 Å². The van der Waals surface area contributed by atoms with Gasteiger partial charge in [0.1, 0.15) is 11.5 Å². The SMILES string of the molecule is C[Si](C)Oc1ccccc1CN=Cc1ccco1. The molecule has 0 unspecified atom stereocenters. The first-order chi connectivity index (χ1) is 8.75. The third kappa shape index (κ3) is 3.60. The molecule has 0 saturated heterocycles. The van der Waals surface area contributed by atoms with E-state index in [4.69, 9.17) is 8.84 Å². The molecule has 0 atom stereocenters. The molecule has 3 nitrogen and oxygen atoms in total. The summed E-state index contributed by atoms with van der Waals surface area (Å²) in [7, 11) is -0.747. The van der Waals surface area contributed by atoms with Crippen molar-refractivity contribution in [2.45, 2.75) is 19.6 Å². The summed E-state index contributed by atoms with van der Waals surface area (Å²) in [5.41, 5.74) is 1.10. The molecule has 0 aliphatic rings. The van der Waals surface area contributed by atoms with Gasteiger partial charge in [-0.3, -0.25) is 4.99 Å². The maximum absolute atomic E-state index is 5.84. The summed E-state index contributed by atoms with van der Waals surface area (Å²) in [6.07, 6.45) is 3.38. The van der Waals surface area contributed by atoms with Crippen LogP contribution in [-0.2, 0) is 6.54 Å². The van der Waals surface area contributed by atoms with Gasteiger partial charge in [0, 0.05) is 5.56 Å². The predicted octanol–water partition coefficient (Wildman–Crippen LogP) is 3.53. The molecule has 1 heterocycles. The van der Waals surface area contributed by atoms with Crippen molar-refractivity contribution in [1.82, 2.24) is 0 Å². The lowest BCUT2D eigenvalue weighted by atomic mass is 10.2. The van der Waals surface area contributed by atoms with Crippen molar-refractivity contribution in [2.24, 2.45) is 4.99 Å². The Kier molecular flexibility index (Phi) is 4.36. The summed E-state index contributed by atoms with van der Waals surface area (Å²) in [5, 5.41) is 0. The van der Waals surface area contributed by atoms with Crippen molar-refractivity contribution < 1.29 is 8.84 Å². The van der Waals surface area contributed by atoms with Gasteiger partial charge in [0.15, 0.2) is 0 Å². The second-order valence-electron chi connectivity index (χ2n) is 4.10. The van der Waals surface area contributed by atoms with Crippen molar-refractivity contribution in [2.75, 3.05) is 0 Å². The Morgan fingerprint density at radius 1 is 1.22 bits per heavy atom. The summed E-state index contributed by atoms with van der Waals surface area (Å²) in [5.74, 6) is 1.71. The zero-order valence-corrected chi connectivity index (χ0v) is 11.6. The van der Waals surface area contributed by atoms with Crippen LogP contribution >= 0.6 is 0 Å². The highest BCUT2D eigenvalue weighted by Crippen LogP contribution is 2.19. The van der Waals surface area contributed by atoms with Crippen LogP contribution in [0.25, 0.3) is 0 Å². The van der Waals surface area contributed by atoms with E-state index in [0.717, 1.165) is 17.1 Å². The van der Waals surface area contributed by atoms with Crippen LogP contribution in [-0.4, -0.2) is 15.3 Å². The molecule has 0 spiro atoms. The molecule has 2 rings (SSSR count). The average molecular weight is 258 g/mol. The van der Waals surface area contributed by atoms with Crippen molar-refractivity contribution in [3.8, 4) is 5.75 Å². The van der Waals surface area contributed by atoms with Crippen LogP contribution < -0.4 is 4.43 Å². The minimum atomic E-state index is -0.747. The monoisotopic (exact) mass is 258 g/mol. The molecular weight excluding hydrogens is 242 g/mol. The normalized spacial score (nSPS) is 11.3. The number of rotatable bonds is 5. The van der Waals surface area contributed by atoms with Gasteiger partial charge in [-0.25, -0.2) is 0 Å². The summed E-state index contributed by atoms with van der Waals surface area (Å²) < 4.78 is 11.0. The predicted molar refractivity (Wildman–Crippen MR) is 74.6 cm³/mol. The Morgan fingerprint density at radius 2 is 2.06 bits per heavy atom. The number of aliphatic imine (C=N–C) groups is 1. The summed E-state index contributed by atoms with van der Waals surface area (Å²) >= 11 is 0. The van der Waals surface area contributed by atoms with E-state index in [9.17, 15) is 0 Å². The first kappa shape index (κ1) is 12.6. The largest absolute Gasteiger partial charge is 0.542 e. The molecule has 2 aromatic rings. The van der Waals surface area contributed by atoms with Crippen molar-refractivity contribution >= 4 is 15.3 Å². The Labute approximate surface area is 109 Å². The van der Waals surface area contributed by atoms with E-state index in [0.29, 0.717) is 6.54 Å². The fraction of sp³-hybridized carbons (Fsp3) is 0.214. The number of furan rings is 1. The molecule has 4 heteroatoms. The molecule has 0 N–H and O–H groups in total. The topological polar surface area (TPSA) is 34.7 Å². The van der Waals surface area contributed by atoms with E-state index in [1.807, 2.05) is 36.4 Å². The van der Waals surface area contributed by atoms with Crippen LogP contribution in [0.4, 0.5) is 0 Å². The Balaban J connectivity index is 2.04. The van der Waals surface area contributed by atoms with E-state index in [1.165, 1.54) is 0 Å². The lowest BCUT2D eigenvalue weighted by molar-refractivity contribution is 0.559. The van der Waals surface area contributed by atoms with Crippen LogP contribution in [0, 0.1) is 0 Å². The maximum Gasteiger partial charge on any atom is 0.274 e. The Hall–Kier alpha value is -1.81. The van der Waals surface area contributed by atoms with Crippen LogP contribution in [0.15, 0.2) is 52.1 Å². The van der Waals surface area contributed by atoms with Gasteiger partial charge in [-0.05, 0) is 31.3 Å². The smallest absolute Gasteiger partial charge is 0.274 e. The van der Waals surface area contributed by atoms with E-state index in [1.54, 1.807) is 12.5 Å². The second kappa shape index (κ2) is 6.21. The fourth-order valence-electron chi connectivity index (χ4n) is 1.55. The summed E-state index contributed by atoms with van der Waals surface area (Å²) in [6, 6.07) is 11.8. The zero-order chi connectivity index (χ0) is 12.8. The van der Waals surface area contributed by atoms with Gasteiger partial charge in [0.2, 0.25) is 0 Å². The van der Waals surface area contributed by atoms with Gasteiger partial charge >= 0.3 is 0 Å². The standard InChI is InChI=1S/C14H16NO2Si/c1-18(2)17-14-8-4-3-6-12(14)10-15-11-13-7-5-9-16-13/h3-9,11H,10H2,1-2H3. The number of hydrogen-bond acceptors (Lipinski definition) is 3. The first-order valence-electron chi connectivity index (χ1n) is 5.85. The Bertz CT molecular complexity index is 506. The molecule has 0 bridgehead atoms. The maximum atomic E-state index is 5.84. The lowest BCUT2D eigenvalue weighted by Crippen LogP contribution is -2.12. The van der Waals surface area contributed by atoms with Gasteiger partial charge in [-0.1, -0.05) is 18.2 Å². The molecule has 0 aliphatic heterocycles. The number of benzene rings is 1. The minimum Gasteiger partial charge on any atom is -0.542 e. The fourth-order valence-corrected chi connectivity index (χ4v) is 2.19. The third-order valence-electron chi connectivity index (χ3n) is 2.31. The molecule has 0 amide bonds. The minimum absolute atomic E-state index is 0.603. The molecule has 0 fully saturated rings. The van der Waals surface area contributed by atoms with Crippen LogP contribution in [0.3, 0.4) is 0 Å². The molecule has 1 aromatic heterocycles. The highest BCUT2D eigenvalue weighted by atomic mass is 28.3. The lowest BCUT2D eigenvalue weighted by Gasteiger charge is -2.11. The van der Waals surface area contributed by atoms with Crippen molar-refractivity contribution in [1.29, 1.82) is 0 Å². The van der Waals surface area contributed by atoms with Crippen molar-refractivity contribution in [3.63, 3.8) is 0 Å². The van der Waals surface area contributed by atoms with Gasteiger partial charge < -0.3 is 8.84 Å². The van der Waals surface area contributed by atoms with Crippen LogP contribution in [0.1, 0.15) is 11.3 Å². The Morgan fingerprint density at radius 3 is 2.78 bits per heavy atom. The van der Waals surface area contributed by atoms with Gasteiger partial charge in [0.25, 0.3) is 9.04 Å². The molecule has 1 radical (unpaired) electrons. The summed E-state index contributed by atoms with van der Waals surface area (Å²) in [6.45, 7) is 4.84. The molecule has 18 heavy (non-hydrogen) atoms. The zero-order valence-electron chi connectivity index (χ0n) is 10.6. The van der Waals surface area contributed by atoms with E-state index < -0.39 is 9.04 Å². The molecular formula is C14H16NO2Si. The highest BCUT2D eigenvalue weighted by Gasteiger charge is 2.05. The second-order valence-corrected chi connectivity index (χ2v) is 6.12. The molecule has 0 aliphatic carbocycles. The van der Waals surface area contributed by atoms with Gasteiger partial charge in [-0.2, -0.15) is 0 Å². The first-order valence-corrected chi connectivity index (χ1v) is 8.26. The number of nitrogens with zero attached hydrogens (tertiary/aromatic N) is 1. The number of para-hydroxylation sites is 1. The number of hydrogen-bond donors (Lipinski definition) is 0. The van der Waals surface area contributed by atoms with E-state index >= 15 is 0 Å². The quantitative estimate of drug-likeness (QED) is 0.607. The van der Waals surface area contributed by atoms with Crippen molar-refractivity contribution in [3.05, 3.63) is 54.0 Å². The van der Waals surface area contributed by atoms with Crippen LogP contribution in [0.5, 0.6) is 5.75 Å². The average Bonchev–Trinajstić information content (AvgIpc) is 2.84. The van der Waals surface area contributed by atoms with Gasteiger partial charge in [-0.15, -0.1) is 0 Å². The van der Waals surface area contributed by atoms with Crippen LogP contribution in [0.2, 0.25) is 13.1 Å². The highest BCUT2D eigenvalue weighted by molar-refractivity contribution is 6.49.